The summed E-state index contributed by atoms with van der Waals surface area (Å²) in [5, 5.41) is 1.70. The van der Waals surface area contributed by atoms with Crippen molar-refractivity contribution in [3.63, 3.8) is 0 Å². The van der Waals surface area contributed by atoms with Crippen LogP contribution in [0.4, 0.5) is 0 Å². The van der Waals surface area contributed by atoms with Crippen LogP contribution >= 0.6 is 0 Å². The first kappa shape index (κ1) is 29.4. The van der Waals surface area contributed by atoms with E-state index in [1.165, 1.54) is 0 Å². The lowest BCUT2D eigenvalue weighted by Gasteiger charge is -2.40. The summed E-state index contributed by atoms with van der Waals surface area (Å²) in [6.45, 7) is 24.0. The van der Waals surface area contributed by atoms with Gasteiger partial charge in [-0.15, -0.1) is 0 Å². The minimum Gasteiger partial charge on any atom is -0.367 e. The number of rotatable bonds is 14. The van der Waals surface area contributed by atoms with E-state index in [9.17, 15) is 0 Å². The van der Waals surface area contributed by atoms with E-state index in [0.717, 1.165) is 10.4 Å². The van der Waals surface area contributed by atoms with Crippen molar-refractivity contribution >= 4 is 28.0 Å². The summed E-state index contributed by atoms with van der Waals surface area (Å²) in [7, 11) is -6.75. The van der Waals surface area contributed by atoms with E-state index >= 15 is 0 Å². The molecule has 1 aromatic rings. The lowest BCUT2D eigenvalue weighted by atomic mass is 10.4. The zero-order chi connectivity index (χ0) is 24.7. The van der Waals surface area contributed by atoms with Crippen LogP contribution in [-0.2, 0) is 26.6 Å². The van der Waals surface area contributed by atoms with Crippen LogP contribution in [0, 0.1) is 0 Å². The zero-order valence-corrected chi connectivity index (χ0v) is 24.2. The number of benzene rings is 1. The summed E-state index contributed by atoms with van der Waals surface area (Å²) in [5.74, 6) is 0. The summed E-state index contributed by atoms with van der Waals surface area (Å²) >= 11 is 0. The second-order valence-corrected chi connectivity index (χ2v) is 14.4. The summed E-state index contributed by atoms with van der Waals surface area (Å²) in [6.07, 6.45) is -0.548. The van der Waals surface area contributed by atoms with E-state index in [0.29, 0.717) is 0 Å². The van der Waals surface area contributed by atoms with Crippen LogP contribution < -0.4 is 10.4 Å². The largest absolute Gasteiger partial charge is 0.538 e. The molecule has 0 fully saturated rings. The molecule has 0 aliphatic heterocycles. The molecular formula is C24H46O6Si2. The monoisotopic (exact) mass is 486 g/mol. The molecule has 0 aliphatic carbocycles. The molecule has 0 heterocycles. The van der Waals surface area contributed by atoms with Gasteiger partial charge in [-0.2, -0.15) is 0 Å². The highest BCUT2D eigenvalue weighted by Crippen LogP contribution is 2.22. The molecule has 0 saturated heterocycles. The molecule has 8 heteroatoms. The van der Waals surface area contributed by atoms with Crippen molar-refractivity contribution < 1.29 is 26.6 Å². The Morgan fingerprint density at radius 1 is 0.406 bits per heavy atom. The maximum Gasteiger partial charge on any atom is 0.538 e. The highest BCUT2D eigenvalue weighted by Gasteiger charge is 2.56. The van der Waals surface area contributed by atoms with Crippen LogP contribution in [0.2, 0.25) is 0 Å². The second-order valence-electron chi connectivity index (χ2n) is 9.66. The Morgan fingerprint density at radius 2 is 0.594 bits per heavy atom. The average molecular weight is 487 g/mol. The van der Waals surface area contributed by atoms with Crippen molar-refractivity contribution in [2.75, 3.05) is 0 Å². The Balaban J connectivity index is 3.92. The molecule has 186 valence electrons. The fourth-order valence-corrected chi connectivity index (χ4v) is 10.6. The van der Waals surface area contributed by atoms with Gasteiger partial charge in [0.05, 0.1) is 0 Å². The minimum atomic E-state index is -3.37. The van der Waals surface area contributed by atoms with Gasteiger partial charge in [-0.25, -0.2) is 0 Å². The Labute approximate surface area is 198 Å². The maximum atomic E-state index is 6.55. The van der Waals surface area contributed by atoms with Crippen LogP contribution in [0.25, 0.3) is 0 Å². The Bertz CT molecular complexity index is 566. The first-order valence-corrected chi connectivity index (χ1v) is 15.3. The van der Waals surface area contributed by atoms with Crippen molar-refractivity contribution in [3.8, 4) is 0 Å². The highest BCUT2D eigenvalue weighted by molar-refractivity contribution is 6.86. The van der Waals surface area contributed by atoms with Crippen LogP contribution in [0.5, 0.6) is 0 Å². The first-order valence-electron chi connectivity index (χ1n) is 11.9. The van der Waals surface area contributed by atoms with Gasteiger partial charge in [0.1, 0.15) is 0 Å². The topological polar surface area (TPSA) is 55.4 Å². The van der Waals surface area contributed by atoms with E-state index in [1.807, 2.05) is 107 Å². The highest BCUT2D eigenvalue weighted by atomic mass is 28.4. The molecule has 0 bridgehead atoms. The molecule has 0 N–H and O–H groups in total. The molecule has 0 unspecified atom stereocenters. The minimum absolute atomic E-state index is 0.0914. The second kappa shape index (κ2) is 12.8. The summed E-state index contributed by atoms with van der Waals surface area (Å²) in [6, 6.07) is 8.01. The van der Waals surface area contributed by atoms with Gasteiger partial charge in [0.2, 0.25) is 0 Å². The third-order valence-corrected chi connectivity index (χ3v) is 11.1. The van der Waals surface area contributed by atoms with Crippen molar-refractivity contribution in [2.24, 2.45) is 0 Å². The third kappa shape index (κ3) is 8.64. The Hall–Kier alpha value is -0.586. The van der Waals surface area contributed by atoms with E-state index in [-0.39, 0.29) is 36.6 Å². The number of hydrogen-bond donors (Lipinski definition) is 0. The summed E-state index contributed by atoms with van der Waals surface area (Å²) in [5.41, 5.74) is 0. The fourth-order valence-electron chi connectivity index (χ4n) is 3.43. The van der Waals surface area contributed by atoms with E-state index in [2.05, 4.69) is 0 Å². The van der Waals surface area contributed by atoms with Crippen LogP contribution in [-0.4, -0.2) is 54.2 Å². The van der Waals surface area contributed by atoms with Crippen molar-refractivity contribution in [1.82, 2.24) is 0 Å². The molecule has 1 rings (SSSR count). The zero-order valence-electron chi connectivity index (χ0n) is 22.2. The van der Waals surface area contributed by atoms with Gasteiger partial charge in [0.25, 0.3) is 0 Å². The SMILES string of the molecule is CC(C)O[Si](OC(C)C)(OC(C)C)c1ccccc1[Si](OC(C)C)(OC(C)C)OC(C)C. The van der Waals surface area contributed by atoms with Crippen LogP contribution in [0.15, 0.2) is 24.3 Å². The molecule has 0 aromatic heterocycles. The molecule has 32 heavy (non-hydrogen) atoms. The van der Waals surface area contributed by atoms with Crippen molar-refractivity contribution in [1.29, 1.82) is 0 Å². The quantitative estimate of drug-likeness (QED) is 0.360. The standard InChI is InChI=1S/C24H46O6Si2/c1-17(2)25-31(26-18(3)4,27-19(5)6)23-15-13-14-16-24(23)32(28-20(7)8,29-21(9)10)30-22(11)12/h13-22H,1-12H3. The molecule has 0 aliphatic rings. The molecule has 0 amide bonds. The van der Waals surface area contributed by atoms with Crippen molar-refractivity contribution in [3.05, 3.63) is 24.3 Å². The van der Waals surface area contributed by atoms with Crippen molar-refractivity contribution in [2.45, 2.75) is 120 Å². The Kier molecular flexibility index (Phi) is 11.7. The van der Waals surface area contributed by atoms with Gasteiger partial charge >= 0.3 is 17.6 Å². The smallest absolute Gasteiger partial charge is 0.367 e. The van der Waals surface area contributed by atoms with Gasteiger partial charge in [-0.1, -0.05) is 24.3 Å². The lowest BCUT2D eigenvalue weighted by molar-refractivity contribution is 0.0104. The Morgan fingerprint density at radius 3 is 0.750 bits per heavy atom. The predicted octanol–water partition coefficient (Wildman–Crippen LogP) is 4.53. The van der Waals surface area contributed by atoms with E-state index in [1.54, 1.807) is 0 Å². The molecule has 6 nitrogen and oxygen atoms in total. The molecular weight excluding hydrogens is 440 g/mol. The van der Waals surface area contributed by atoms with Gasteiger partial charge in [0.15, 0.2) is 0 Å². The molecule has 0 atom stereocenters. The molecule has 0 spiro atoms. The van der Waals surface area contributed by atoms with E-state index in [4.69, 9.17) is 26.6 Å². The molecule has 0 radical (unpaired) electrons. The number of hydrogen-bond acceptors (Lipinski definition) is 6. The van der Waals surface area contributed by atoms with Gasteiger partial charge < -0.3 is 26.6 Å². The lowest BCUT2D eigenvalue weighted by Crippen LogP contribution is -2.72. The van der Waals surface area contributed by atoms with Crippen LogP contribution in [0.1, 0.15) is 83.1 Å². The third-order valence-electron chi connectivity index (χ3n) is 3.93. The fraction of sp³-hybridized carbons (Fsp3) is 0.750. The molecule has 0 saturated carbocycles. The summed E-state index contributed by atoms with van der Waals surface area (Å²) < 4.78 is 39.3. The maximum absolute atomic E-state index is 6.55. The summed E-state index contributed by atoms with van der Waals surface area (Å²) in [4.78, 5) is 0. The van der Waals surface area contributed by atoms with Crippen LogP contribution in [0.3, 0.4) is 0 Å². The first-order chi connectivity index (χ1) is 14.7. The predicted molar refractivity (Wildman–Crippen MR) is 135 cm³/mol. The average Bonchev–Trinajstić information content (AvgIpc) is 2.57. The van der Waals surface area contributed by atoms with E-state index < -0.39 is 17.6 Å². The van der Waals surface area contributed by atoms with Gasteiger partial charge in [0, 0.05) is 47.0 Å². The van der Waals surface area contributed by atoms with Gasteiger partial charge in [-0.05, 0) is 83.1 Å². The normalized spacial score (nSPS) is 13.6. The van der Waals surface area contributed by atoms with Gasteiger partial charge in [-0.3, -0.25) is 0 Å². The molecule has 1 aromatic carbocycles.